The highest BCUT2D eigenvalue weighted by Crippen LogP contribution is 2.28. The monoisotopic (exact) mass is 391 g/mol. The summed E-state index contributed by atoms with van der Waals surface area (Å²) in [5.41, 5.74) is 3.52. The van der Waals surface area contributed by atoms with Crippen molar-refractivity contribution in [1.29, 1.82) is 0 Å². The standard InChI is InChI=1S/C20H29N3O3S/c24-20(16-4-1-2-5-16)23-9-3-6-19(14-23)27(25,26)22-11-15-7-8-17-12-21-13-18(17)10-15/h7-8,10,16,19,21-22H,1-6,9,11-14H2. The van der Waals surface area contributed by atoms with Gasteiger partial charge in [0.15, 0.2) is 0 Å². The fourth-order valence-corrected chi connectivity index (χ4v) is 6.04. The molecule has 1 aliphatic carbocycles. The van der Waals surface area contributed by atoms with E-state index in [2.05, 4.69) is 22.2 Å². The van der Waals surface area contributed by atoms with Crippen LogP contribution in [0.1, 0.15) is 55.2 Å². The lowest BCUT2D eigenvalue weighted by atomic mass is 10.0. The third-order valence-electron chi connectivity index (χ3n) is 6.21. The van der Waals surface area contributed by atoms with E-state index in [1.54, 1.807) is 4.90 Å². The van der Waals surface area contributed by atoms with E-state index >= 15 is 0 Å². The first-order valence-corrected chi connectivity index (χ1v) is 11.7. The van der Waals surface area contributed by atoms with Gasteiger partial charge in [0.2, 0.25) is 15.9 Å². The van der Waals surface area contributed by atoms with Crippen LogP contribution in [0.4, 0.5) is 0 Å². The highest BCUT2D eigenvalue weighted by molar-refractivity contribution is 7.90. The normalized spacial score (nSPS) is 23.6. The van der Waals surface area contributed by atoms with E-state index in [1.807, 2.05) is 6.07 Å². The topological polar surface area (TPSA) is 78.5 Å². The Balaban J connectivity index is 1.37. The second kappa shape index (κ2) is 7.89. The molecule has 6 nitrogen and oxygen atoms in total. The molecule has 1 saturated heterocycles. The van der Waals surface area contributed by atoms with Crippen LogP contribution in [0.25, 0.3) is 0 Å². The summed E-state index contributed by atoms with van der Waals surface area (Å²) in [6.07, 6.45) is 5.52. The van der Waals surface area contributed by atoms with Crippen molar-refractivity contribution in [1.82, 2.24) is 14.9 Å². The van der Waals surface area contributed by atoms with Crippen LogP contribution >= 0.6 is 0 Å². The predicted molar refractivity (Wildman–Crippen MR) is 104 cm³/mol. The maximum atomic E-state index is 12.8. The molecule has 148 valence electrons. The zero-order valence-corrected chi connectivity index (χ0v) is 16.6. The summed E-state index contributed by atoms with van der Waals surface area (Å²) in [7, 11) is -3.45. The van der Waals surface area contributed by atoms with Crippen molar-refractivity contribution in [3.05, 3.63) is 34.9 Å². The van der Waals surface area contributed by atoms with Crippen molar-refractivity contribution in [2.75, 3.05) is 13.1 Å². The first-order chi connectivity index (χ1) is 13.0. The van der Waals surface area contributed by atoms with Gasteiger partial charge in [0.1, 0.15) is 0 Å². The van der Waals surface area contributed by atoms with Crippen LogP contribution in [0.3, 0.4) is 0 Å². The van der Waals surface area contributed by atoms with E-state index in [1.165, 1.54) is 11.1 Å². The Morgan fingerprint density at radius 3 is 2.70 bits per heavy atom. The summed E-state index contributed by atoms with van der Waals surface area (Å²) in [5.74, 6) is 0.276. The second-order valence-corrected chi connectivity index (χ2v) is 10.1. The Labute approximate surface area is 161 Å². The number of amides is 1. The van der Waals surface area contributed by atoms with Gasteiger partial charge in [-0.1, -0.05) is 31.0 Å². The summed E-state index contributed by atoms with van der Waals surface area (Å²) in [4.78, 5) is 14.5. The van der Waals surface area contributed by atoms with Crippen LogP contribution in [0.2, 0.25) is 0 Å². The molecule has 7 heteroatoms. The number of hydrogen-bond acceptors (Lipinski definition) is 4. The van der Waals surface area contributed by atoms with Gasteiger partial charge >= 0.3 is 0 Å². The zero-order valence-electron chi connectivity index (χ0n) is 15.7. The van der Waals surface area contributed by atoms with E-state index in [4.69, 9.17) is 0 Å². The number of sulfonamides is 1. The minimum atomic E-state index is -3.45. The number of hydrogen-bond donors (Lipinski definition) is 2. The molecule has 2 N–H and O–H groups in total. The van der Waals surface area contributed by atoms with Gasteiger partial charge in [-0.2, -0.15) is 0 Å². The van der Waals surface area contributed by atoms with Crippen LogP contribution in [0, 0.1) is 5.92 Å². The largest absolute Gasteiger partial charge is 0.341 e. The summed E-state index contributed by atoms with van der Waals surface area (Å²) in [6.45, 7) is 3.06. The molecule has 2 heterocycles. The fraction of sp³-hybridized carbons (Fsp3) is 0.650. The number of carbonyl (C=O) groups excluding carboxylic acids is 1. The molecule has 1 atom stereocenters. The Hall–Kier alpha value is -1.44. The van der Waals surface area contributed by atoms with E-state index in [-0.39, 0.29) is 11.8 Å². The molecular weight excluding hydrogens is 362 g/mol. The molecule has 1 saturated carbocycles. The third kappa shape index (κ3) is 4.20. The van der Waals surface area contributed by atoms with Gasteiger partial charge in [0, 0.05) is 38.6 Å². The van der Waals surface area contributed by atoms with Crippen LogP contribution < -0.4 is 10.0 Å². The van der Waals surface area contributed by atoms with E-state index in [0.29, 0.717) is 26.1 Å². The number of nitrogens with zero attached hydrogens (tertiary/aromatic N) is 1. The first-order valence-electron chi connectivity index (χ1n) is 10.1. The van der Waals surface area contributed by atoms with Gasteiger partial charge in [-0.15, -0.1) is 0 Å². The Morgan fingerprint density at radius 1 is 1.11 bits per heavy atom. The predicted octanol–water partition coefficient (Wildman–Crippen LogP) is 1.89. The molecule has 0 aromatic heterocycles. The van der Waals surface area contributed by atoms with Crippen molar-refractivity contribution in [2.45, 2.75) is 63.4 Å². The number of fused-ring (bicyclic) bond motifs is 1. The number of benzene rings is 1. The lowest BCUT2D eigenvalue weighted by molar-refractivity contribution is -0.136. The first kappa shape index (κ1) is 18.9. The molecule has 27 heavy (non-hydrogen) atoms. The molecule has 0 spiro atoms. The lowest BCUT2D eigenvalue weighted by Crippen LogP contribution is -2.49. The summed E-state index contributed by atoms with van der Waals surface area (Å²) in [6, 6.07) is 6.14. The van der Waals surface area contributed by atoms with Gasteiger partial charge in [-0.05, 0) is 42.4 Å². The molecule has 0 bridgehead atoms. The minimum Gasteiger partial charge on any atom is -0.341 e. The van der Waals surface area contributed by atoms with Gasteiger partial charge in [0.05, 0.1) is 5.25 Å². The molecule has 1 aromatic rings. The number of nitrogens with one attached hydrogen (secondary N) is 2. The zero-order chi connectivity index (χ0) is 18.9. The van der Waals surface area contributed by atoms with Gasteiger partial charge < -0.3 is 10.2 Å². The quantitative estimate of drug-likeness (QED) is 0.803. The molecular formula is C20H29N3O3S. The molecule has 1 amide bonds. The van der Waals surface area contributed by atoms with E-state index in [0.717, 1.165) is 50.8 Å². The molecule has 2 aliphatic heterocycles. The average Bonchev–Trinajstić information content (AvgIpc) is 3.37. The molecule has 3 aliphatic rings. The summed E-state index contributed by atoms with van der Waals surface area (Å²) >= 11 is 0. The van der Waals surface area contributed by atoms with Crippen LogP contribution in [-0.4, -0.2) is 37.6 Å². The molecule has 2 fully saturated rings. The summed E-state index contributed by atoms with van der Waals surface area (Å²) in [5, 5.41) is 2.79. The Kier molecular flexibility index (Phi) is 5.53. The van der Waals surface area contributed by atoms with Crippen molar-refractivity contribution in [3.8, 4) is 0 Å². The van der Waals surface area contributed by atoms with Crippen LogP contribution in [0.15, 0.2) is 18.2 Å². The SMILES string of the molecule is O=C(C1CCCC1)N1CCCC(S(=O)(=O)NCc2ccc3c(c2)CNC3)C1. The second-order valence-electron chi connectivity index (χ2n) is 8.10. The number of piperidine rings is 1. The number of likely N-dealkylation sites (tertiary alicyclic amines) is 1. The van der Waals surface area contributed by atoms with Crippen molar-refractivity contribution < 1.29 is 13.2 Å². The van der Waals surface area contributed by atoms with Crippen molar-refractivity contribution >= 4 is 15.9 Å². The van der Waals surface area contributed by atoms with Crippen molar-refractivity contribution in [2.24, 2.45) is 5.92 Å². The average molecular weight is 392 g/mol. The number of carbonyl (C=O) groups is 1. The van der Waals surface area contributed by atoms with E-state index in [9.17, 15) is 13.2 Å². The van der Waals surface area contributed by atoms with E-state index < -0.39 is 15.3 Å². The molecule has 0 radical (unpaired) electrons. The Bertz CT molecular complexity index is 803. The lowest BCUT2D eigenvalue weighted by Gasteiger charge is -2.34. The molecule has 1 unspecified atom stereocenters. The maximum absolute atomic E-state index is 12.8. The molecule has 1 aromatic carbocycles. The van der Waals surface area contributed by atoms with Gasteiger partial charge in [-0.3, -0.25) is 4.79 Å². The van der Waals surface area contributed by atoms with Crippen LogP contribution in [0.5, 0.6) is 0 Å². The highest BCUT2D eigenvalue weighted by Gasteiger charge is 2.35. The van der Waals surface area contributed by atoms with Crippen LogP contribution in [-0.2, 0) is 34.5 Å². The van der Waals surface area contributed by atoms with Gasteiger partial charge in [0.25, 0.3) is 0 Å². The minimum absolute atomic E-state index is 0.111. The highest BCUT2D eigenvalue weighted by atomic mass is 32.2. The van der Waals surface area contributed by atoms with Crippen molar-refractivity contribution in [3.63, 3.8) is 0 Å². The maximum Gasteiger partial charge on any atom is 0.225 e. The summed E-state index contributed by atoms with van der Waals surface area (Å²) < 4.78 is 28.4. The Morgan fingerprint density at radius 2 is 1.89 bits per heavy atom. The smallest absolute Gasteiger partial charge is 0.225 e. The number of rotatable bonds is 5. The molecule has 4 rings (SSSR count). The third-order valence-corrected chi connectivity index (χ3v) is 8.02. The fourth-order valence-electron chi connectivity index (χ4n) is 4.58. The van der Waals surface area contributed by atoms with Gasteiger partial charge in [-0.25, -0.2) is 13.1 Å².